The molecule has 5 nitrogen and oxygen atoms in total. The first-order chi connectivity index (χ1) is 13.0. The largest absolute Gasteiger partial charge is 0.370 e. The molecule has 1 amide bonds. The number of nitrogens with one attached hydrogen (secondary N) is 2. The van der Waals surface area contributed by atoms with Gasteiger partial charge in [0.1, 0.15) is 17.3 Å². The van der Waals surface area contributed by atoms with E-state index in [1.807, 2.05) is 39.0 Å². The van der Waals surface area contributed by atoms with E-state index in [-0.39, 0.29) is 5.91 Å². The van der Waals surface area contributed by atoms with Crippen molar-refractivity contribution in [2.45, 2.75) is 52.9 Å². The standard InChI is InChI=1S/C22H28N4O/c1-15-8-7-11-19(16(15)2)26-22(27)20-14-21(25-17(3)24-20)23-13-12-18-9-5-4-6-10-18/h7-9,11,14H,4-6,10,12-13H2,1-3H3,(H,26,27)(H,23,24,25). The number of carbonyl (C=O) groups is 1. The van der Waals surface area contributed by atoms with Gasteiger partial charge in [0, 0.05) is 18.3 Å². The lowest BCUT2D eigenvalue weighted by molar-refractivity contribution is 0.102. The molecule has 0 spiro atoms. The average molecular weight is 364 g/mol. The van der Waals surface area contributed by atoms with E-state index in [2.05, 4.69) is 26.7 Å². The smallest absolute Gasteiger partial charge is 0.274 e. The molecule has 1 heterocycles. The van der Waals surface area contributed by atoms with Crippen LogP contribution in [0.3, 0.4) is 0 Å². The Labute approximate surface area is 161 Å². The van der Waals surface area contributed by atoms with Gasteiger partial charge < -0.3 is 10.6 Å². The Morgan fingerprint density at radius 2 is 2.00 bits per heavy atom. The van der Waals surface area contributed by atoms with Crippen molar-refractivity contribution in [3.63, 3.8) is 0 Å². The second-order valence-electron chi connectivity index (χ2n) is 7.17. The number of amides is 1. The number of aryl methyl sites for hydroxylation is 2. The summed E-state index contributed by atoms with van der Waals surface area (Å²) in [5.74, 6) is 1.07. The monoisotopic (exact) mass is 364 g/mol. The van der Waals surface area contributed by atoms with Gasteiger partial charge in [0.2, 0.25) is 0 Å². The third-order valence-electron chi connectivity index (χ3n) is 5.06. The van der Waals surface area contributed by atoms with Gasteiger partial charge in [-0.25, -0.2) is 9.97 Å². The highest BCUT2D eigenvalue weighted by atomic mass is 16.1. The van der Waals surface area contributed by atoms with E-state index in [0.717, 1.165) is 29.8 Å². The summed E-state index contributed by atoms with van der Waals surface area (Å²) in [6, 6.07) is 7.60. The number of rotatable bonds is 6. The zero-order valence-electron chi connectivity index (χ0n) is 16.4. The van der Waals surface area contributed by atoms with Gasteiger partial charge >= 0.3 is 0 Å². The first-order valence-corrected chi connectivity index (χ1v) is 9.68. The quantitative estimate of drug-likeness (QED) is 0.711. The van der Waals surface area contributed by atoms with Gasteiger partial charge in [-0.2, -0.15) is 0 Å². The topological polar surface area (TPSA) is 66.9 Å². The molecule has 5 heteroatoms. The van der Waals surface area contributed by atoms with Gasteiger partial charge in [-0.15, -0.1) is 0 Å². The van der Waals surface area contributed by atoms with Gasteiger partial charge in [-0.1, -0.05) is 23.8 Å². The van der Waals surface area contributed by atoms with Crippen LogP contribution in [0.15, 0.2) is 35.9 Å². The van der Waals surface area contributed by atoms with E-state index < -0.39 is 0 Å². The molecule has 27 heavy (non-hydrogen) atoms. The SMILES string of the molecule is Cc1nc(NCCC2=CCCCC2)cc(C(=O)Nc2cccc(C)c2C)n1. The highest BCUT2D eigenvalue weighted by Crippen LogP contribution is 2.21. The first-order valence-electron chi connectivity index (χ1n) is 9.68. The van der Waals surface area contributed by atoms with Crippen molar-refractivity contribution in [3.05, 3.63) is 58.6 Å². The second kappa shape index (κ2) is 8.80. The molecule has 0 fully saturated rings. The van der Waals surface area contributed by atoms with Crippen molar-refractivity contribution in [1.82, 2.24) is 9.97 Å². The molecule has 1 aliphatic carbocycles. The Morgan fingerprint density at radius 3 is 2.78 bits per heavy atom. The maximum Gasteiger partial charge on any atom is 0.274 e. The summed E-state index contributed by atoms with van der Waals surface area (Å²) in [5.41, 5.74) is 4.92. The van der Waals surface area contributed by atoms with Crippen LogP contribution in [-0.4, -0.2) is 22.4 Å². The molecule has 1 aliphatic rings. The van der Waals surface area contributed by atoms with Crippen molar-refractivity contribution >= 4 is 17.4 Å². The fourth-order valence-corrected chi connectivity index (χ4v) is 3.33. The highest BCUT2D eigenvalue weighted by Gasteiger charge is 2.13. The number of hydrogen-bond donors (Lipinski definition) is 2. The molecule has 0 saturated carbocycles. The van der Waals surface area contributed by atoms with Crippen molar-refractivity contribution in [3.8, 4) is 0 Å². The lowest BCUT2D eigenvalue weighted by atomic mass is 9.97. The summed E-state index contributed by atoms with van der Waals surface area (Å²) < 4.78 is 0. The Bertz CT molecular complexity index is 857. The van der Waals surface area contributed by atoms with Crippen LogP contribution in [-0.2, 0) is 0 Å². The summed E-state index contributed by atoms with van der Waals surface area (Å²) in [4.78, 5) is 21.4. The van der Waals surface area contributed by atoms with E-state index in [1.165, 1.54) is 31.3 Å². The minimum Gasteiger partial charge on any atom is -0.370 e. The Morgan fingerprint density at radius 1 is 1.15 bits per heavy atom. The number of anilines is 2. The Kier molecular flexibility index (Phi) is 6.22. The Hall–Kier alpha value is -2.69. The summed E-state index contributed by atoms with van der Waals surface area (Å²) in [7, 11) is 0. The van der Waals surface area contributed by atoms with Gasteiger partial charge in [0.05, 0.1) is 0 Å². The number of allylic oxidation sites excluding steroid dienone is 1. The van der Waals surface area contributed by atoms with E-state index in [1.54, 1.807) is 6.07 Å². The zero-order chi connectivity index (χ0) is 19.2. The van der Waals surface area contributed by atoms with Crippen LogP contribution in [0, 0.1) is 20.8 Å². The van der Waals surface area contributed by atoms with Gasteiger partial charge in [-0.3, -0.25) is 4.79 Å². The lowest BCUT2D eigenvalue weighted by Gasteiger charge is -2.14. The van der Waals surface area contributed by atoms with Crippen LogP contribution in [0.2, 0.25) is 0 Å². The maximum atomic E-state index is 12.7. The maximum absolute atomic E-state index is 12.7. The van der Waals surface area contributed by atoms with Crippen molar-refractivity contribution in [1.29, 1.82) is 0 Å². The number of carbonyl (C=O) groups excluding carboxylic acids is 1. The van der Waals surface area contributed by atoms with Gasteiger partial charge in [0.25, 0.3) is 5.91 Å². The van der Waals surface area contributed by atoms with E-state index in [4.69, 9.17) is 0 Å². The molecule has 0 radical (unpaired) electrons. The van der Waals surface area contributed by atoms with Gasteiger partial charge in [-0.05, 0) is 70.1 Å². The van der Waals surface area contributed by atoms with Crippen LogP contribution >= 0.6 is 0 Å². The summed E-state index contributed by atoms with van der Waals surface area (Å²) in [6.07, 6.45) is 8.38. The van der Waals surface area contributed by atoms with Crippen LogP contribution in [0.5, 0.6) is 0 Å². The molecule has 0 unspecified atom stereocenters. The summed E-state index contributed by atoms with van der Waals surface area (Å²) >= 11 is 0. The predicted molar refractivity (Wildman–Crippen MR) is 110 cm³/mol. The number of aromatic nitrogens is 2. The Balaban J connectivity index is 1.66. The summed E-state index contributed by atoms with van der Waals surface area (Å²) in [5, 5.41) is 6.30. The third-order valence-corrected chi connectivity index (χ3v) is 5.06. The molecule has 2 N–H and O–H groups in total. The second-order valence-corrected chi connectivity index (χ2v) is 7.17. The number of nitrogens with zero attached hydrogens (tertiary/aromatic N) is 2. The first kappa shape index (κ1) is 19.1. The van der Waals surface area contributed by atoms with Crippen LogP contribution < -0.4 is 10.6 Å². The molecule has 1 aromatic heterocycles. The average Bonchev–Trinajstić information content (AvgIpc) is 2.66. The van der Waals surface area contributed by atoms with Crippen LogP contribution in [0.25, 0.3) is 0 Å². The zero-order valence-corrected chi connectivity index (χ0v) is 16.4. The fraction of sp³-hybridized carbons (Fsp3) is 0.409. The normalized spacial score (nSPS) is 13.8. The molecule has 142 valence electrons. The highest BCUT2D eigenvalue weighted by molar-refractivity contribution is 6.03. The van der Waals surface area contributed by atoms with Crippen LogP contribution in [0.1, 0.15) is 59.5 Å². The van der Waals surface area contributed by atoms with Crippen molar-refractivity contribution < 1.29 is 4.79 Å². The minimum atomic E-state index is -0.216. The minimum absolute atomic E-state index is 0.216. The van der Waals surface area contributed by atoms with Crippen molar-refractivity contribution in [2.24, 2.45) is 0 Å². The van der Waals surface area contributed by atoms with Crippen LogP contribution in [0.4, 0.5) is 11.5 Å². The number of hydrogen-bond acceptors (Lipinski definition) is 4. The van der Waals surface area contributed by atoms with Crippen molar-refractivity contribution in [2.75, 3.05) is 17.2 Å². The lowest BCUT2D eigenvalue weighted by Crippen LogP contribution is -2.17. The molecule has 0 atom stereocenters. The molecule has 0 saturated heterocycles. The molecular formula is C22H28N4O. The molecule has 3 rings (SSSR count). The molecule has 0 bridgehead atoms. The van der Waals surface area contributed by atoms with Gasteiger partial charge in [0.15, 0.2) is 0 Å². The molecule has 2 aromatic rings. The predicted octanol–water partition coefficient (Wildman–Crippen LogP) is 4.96. The van der Waals surface area contributed by atoms with E-state index in [0.29, 0.717) is 17.3 Å². The summed E-state index contributed by atoms with van der Waals surface area (Å²) in [6.45, 7) is 6.66. The molecular weight excluding hydrogens is 336 g/mol. The fourth-order valence-electron chi connectivity index (χ4n) is 3.33. The van der Waals surface area contributed by atoms with E-state index in [9.17, 15) is 4.79 Å². The molecule has 0 aliphatic heterocycles. The third kappa shape index (κ3) is 5.16. The molecule has 1 aromatic carbocycles. The van der Waals surface area contributed by atoms with E-state index >= 15 is 0 Å². The number of benzene rings is 1.